The normalized spacial score (nSPS) is 18.4. The number of pyridine rings is 1. The average molecular weight is 392 g/mol. The lowest BCUT2D eigenvalue weighted by atomic mass is 9.94. The first-order chi connectivity index (χ1) is 13.1. The Kier molecular flexibility index (Phi) is 5.30. The van der Waals surface area contributed by atoms with Crippen molar-refractivity contribution in [2.75, 3.05) is 31.3 Å². The highest BCUT2D eigenvalue weighted by molar-refractivity contribution is 7.45. The van der Waals surface area contributed by atoms with Crippen LogP contribution in [0.1, 0.15) is 38.1 Å². The van der Waals surface area contributed by atoms with Gasteiger partial charge in [-0.1, -0.05) is 0 Å². The number of methoxy groups -OCH3 is 1. The molecule has 0 aromatic carbocycles. The Balaban J connectivity index is 1.56. The third-order valence-corrected chi connectivity index (χ3v) is 6.17. The van der Waals surface area contributed by atoms with E-state index in [-0.39, 0.29) is 11.6 Å². The van der Waals surface area contributed by atoms with Gasteiger partial charge in [0.05, 0.1) is 19.3 Å². The van der Waals surface area contributed by atoms with Crippen molar-refractivity contribution in [2.24, 2.45) is 5.92 Å². The fraction of sp³-hybridized carbons (Fsp3) is 0.611. The summed E-state index contributed by atoms with van der Waals surface area (Å²) in [6.07, 6.45) is 7.05. The van der Waals surface area contributed by atoms with Gasteiger partial charge in [0.1, 0.15) is 11.2 Å². The largest absolute Gasteiger partial charge is 0.480 e. The Morgan fingerprint density at radius 2 is 2.00 bits per heavy atom. The molecule has 8 nitrogen and oxygen atoms in total. The molecule has 0 radical (unpaired) electrons. The Labute approximate surface area is 158 Å². The molecule has 27 heavy (non-hydrogen) atoms. The van der Waals surface area contributed by atoms with Crippen LogP contribution in [0.2, 0.25) is 0 Å². The molecule has 0 spiro atoms. The van der Waals surface area contributed by atoms with Crippen molar-refractivity contribution < 1.29 is 14.5 Å². The molecule has 2 N–H and O–H groups in total. The van der Waals surface area contributed by atoms with E-state index in [1.54, 1.807) is 18.0 Å². The molecule has 0 atom stereocenters. The van der Waals surface area contributed by atoms with E-state index < -0.39 is 8.38 Å². The molecular weight excluding hydrogens is 367 g/mol. The average Bonchev–Trinajstić information content (AvgIpc) is 3.51. The molecule has 2 aliphatic rings. The number of ether oxygens (including phenoxy) is 1. The lowest BCUT2D eigenvalue weighted by Crippen LogP contribution is -2.34. The van der Waals surface area contributed by atoms with Gasteiger partial charge >= 0.3 is 0 Å². The van der Waals surface area contributed by atoms with Crippen LogP contribution in [-0.2, 0) is 0 Å². The van der Waals surface area contributed by atoms with Gasteiger partial charge in [-0.2, -0.15) is 10.1 Å². The fourth-order valence-corrected chi connectivity index (χ4v) is 4.37. The molecule has 1 aliphatic carbocycles. The summed E-state index contributed by atoms with van der Waals surface area (Å²) in [5.41, 5.74) is -0.130. The van der Waals surface area contributed by atoms with Crippen LogP contribution < -0.4 is 15.2 Å². The topological polar surface area (TPSA) is 101 Å². The summed E-state index contributed by atoms with van der Waals surface area (Å²) in [6.45, 7) is 1.71. The molecule has 3 heterocycles. The van der Waals surface area contributed by atoms with Gasteiger partial charge in [-0.25, -0.2) is 4.68 Å². The predicted molar refractivity (Wildman–Crippen MR) is 104 cm³/mol. The number of piperidine rings is 1. The zero-order chi connectivity index (χ0) is 19.0. The van der Waals surface area contributed by atoms with Gasteiger partial charge in [0.2, 0.25) is 5.88 Å². The Bertz CT molecular complexity index is 876. The van der Waals surface area contributed by atoms with E-state index in [9.17, 15) is 4.79 Å². The van der Waals surface area contributed by atoms with Gasteiger partial charge in [0, 0.05) is 24.6 Å². The minimum atomic E-state index is -1.79. The standard InChI is InChI=1S/C18H25N4O4P/c1-26-17-16-13(11-19-22(18(16)23)14-2-3-14)10-15(20-17)21-7-4-12(5-8-21)6-9-27(24)25/h10-12,14,24-25H,2-9H2,1H3. The summed E-state index contributed by atoms with van der Waals surface area (Å²) in [5, 5.41) is 5.59. The summed E-state index contributed by atoms with van der Waals surface area (Å²) in [4.78, 5) is 37.8. The lowest BCUT2D eigenvalue weighted by Gasteiger charge is -2.33. The molecule has 4 rings (SSSR count). The molecule has 2 aromatic rings. The first kappa shape index (κ1) is 18.6. The summed E-state index contributed by atoms with van der Waals surface area (Å²) >= 11 is 0. The summed E-state index contributed by atoms with van der Waals surface area (Å²) in [7, 11) is -0.251. The monoisotopic (exact) mass is 392 g/mol. The number of aromatic nitrogens is 3. The molecule has 1 saturated heterocycles. The third kappa shape index (κ3) is 3.93. The molecule has 0 amide bonds. The molecule has 0 unspecified atom stereocenters. The number of fused-ring (bicyclic) bond motifs is 1. The van der Waals surface area contributed by atoms with Crippen LogP contribution in [0, 0.1) is 5.92 Å². The van der Waals surface area contributed by atoms with Gasteiger partial charge in [-0.15, -0.1) is 0 Å². The number of anilines is 1. The van der Waals surface area contributed by atoms with Gasteiger partial charge in [-0.05, 0) is 44.1 Å². The van der Waals surface area contributed by atoms with Crippen molar-refractivity contribution in [3.63, 3.8) is 0 Å². The van der Waals surface area contributed by atoms with Crippen molar-refractivity contribution in [3.8, 4) is 5.88 Å². The van der Waals surface area contributed by atoms with E-state index in [0.29, 0.717) is 23.3 Å². The van der Waals surface area contributed by atoms with Crippen molar-refractivity contribution >= 4 is 25.0 Å². The lowest BCUT2D eigenvalue weighted by molar-refractivity contribution is 0.382. The number of rotatable bonds is 6. The van der Waals surface area contributed by atoms with E-state index >= 15 is 0 Å². The fourth-order valence-electron chi connectivity index (χ4n) is 3.77. The number of nitrogens with zero attached hydrogens (tertiary/aromatic N) is 4. The second-order valence-corrected chi connectivity index (χ2v) is 8.59. The highest BCUT2D eigenvalue weighted by atomic mass is 31.2. The van der Waals surface area contributed by atoms with E-state index in [1.165, 1.54) is 0 Å². The predicted octanol–water partition coefficient (Wildman–Crippen LogP) is 2.04. The minimum Gasteiger partial charge on any atom is -0.480 e. The Morgan fingerprint density at radius 3 is 2.63 bits per heavy atom. The van der Waals surface area contributed by atoms with Gasteiger partial charge < -0.3 is 19.4 Å². The Morgan fingerprint density at radius 1 is 1.26 bits per heavy atom. The maximum atomic E-state index is 12.8. The number of hydrogen-bond donors (Lipinski definition) is 2. The van der Waals surface area contributed by atoms with Crippen LogP contribution in [0.5, 0.6) is 5.88 Å². The SMILES string of the molecule is COc1nc(N2CCC(CCP(O)O)CC2)cc2cnn(C3CC3)c(=O)c12. The molecule has 0 bridgehead atoms. The van der Waals surface area contributed by atoms with Gasteiger partial charge in [0.15, 0.2) is 8.38 Å². The zero-order valence-electron chi connectivity index (χ0n) is 15.4. The second-order valence-electron chi connectivity index (χ2n) is 7.39. The summed E-state index contributed by atoms with van der Waals surface area (Å²) < 4.78 is 7.00. The van der Waals surface area contributed by atoms with Crippen molar-refractivity contribution in [1.82, 2.24) is 14.8 Å². The zero-order valence-corrected chi connectivity index (χ0v) is 16.3. The molecule has 9 heteroatoms. The van der Waals surface area contributed by atoms with Crippen molar-refractivity contribution in [3.05, 3.63) is 22.6 Å². The van der Waals surface area contributed by atoms with E-state index in [2.05, 4.69) is 15.0 Å². The molecule has 1 saturated carbocycles. The van der Waals surface area contributed by atoms with Crippen LogP contribution in [0.25, 0.3) is 10.8 Å². The van der Waals surface area contributed by atoms with Crippen LogP contribution >= 0.6 is 8.38 Å². The number of hydrogen-bond acceptors (Lipinski definition) is 7. The van der Waals surface area contributed by atoms with Crippen LogP contribution in [-0.4, -0.2) is 50.9 Å². The first-order valence-electron chi connectivity index (χ1n) is 9.43. The highest BCUT2D eigenvalue weighted by Crippen LogP contribution is 2.35. The second kappa shape index (κ2) is 7.70. The minimum absolute atomic E-state index is 0.130. The molecule has 2 aromatic heterocycles. The molecular formula is C18H25N4O4P. The summed E-state index contributed by atoms with van der Waals surface area (Å²) in [6, 6.07) is 2.13. The third-order valence-electron chi connectivity index (χ3n) is 5.51. The maximum Gasteiger partial charge on any atom is 0.280 e. The van der Waals surface area contributed by atoms with Gasteiger partial charge in [-0.3, -0.25) is 4.79 Å². The highest BCUT2D eigenvalue weighted by Gasteiger charge is 2.28. The quantitative estimate of drug-likeness (QED) is 0.726. The molecule has 1 aliphatic heterocycles. The van der Waals surface area contributed by atoms with Crippen LogP contribution in [0.3, 0.4) is 0 Å². The Hall–Kier alpha value is -1.76. The maximum absolute atomic E-state index is 12.8. The smallest absolute Gasteiger partial charge is 0.280 e. The summed E-state index contributed by atoms with van der Waals surface area (Å²) in [5.74, 6) is 1.67. The van der Waals surface area contributed by atoms with E-state index in [0.717, 1.165) is 56.4 Å². The first-order valence-corrected chi connectivity index (χ1v) is 10.9. The molecule has 2 fully saturated rings. The van der Waals surface area contributed by atoms with Crippen LogP contribution in [0.15, 0.2) is 17.1 Å². The van der Waals surface area contributed by atoms with Crippen molar-refractivity contribution in [2.45, 2.75) is 38.1 Å². The van der Waals surface area contributed by atoms with E-state index in [1.807, 2.05) is 6.07 Å². The van der Waals surface area contributed by atoms with Crippen LogP contribution in [0.4, 0.5) is 5.82 Å². The van der Waals surface area contributed by atoms with E-state index in [4.69, 9.17) is 14.5 Å². The van der Waals surface area contributed by atoms with Crippen molar-refractivity contribution in [1.29, 1.82) is 0 Å². The molecule has 146 valence electrons. The van der Waals surface area contributed by atoms with Gasteiger partial charge in [0.25, 0.3) is 5.56 Å².